The van der Waals surface area contributed by atoms with Crippen LogP contribution in [0, 0.1) is 0 Å². The highest BCUT2D eigenvalue weighted by molar-refractivity contribution is 6.36. The smallest absolute Gasteiger partial charge is 0.172 e. The molecule has 0 aliphatic heterocycles. The summed E-state index contributed by atoms with van der Waals surface area (Å²) in [5, 5.41) is 11.2. The third-order valence-corrected chi connectivity index (χ3v) is 1.29. The van der Waals surface area contributed by atoms with Gasteiger partial charge in [0.05, 0.1) is 0 Å². The van der Waals surface area contributed by atoms with Crippen molar-refractivity contribution in [2.75, 3.05) is 0 Å². The van der Waals surface area contributed by atoms with Crippen molar-refractivity contribution >= 4 is 12.0 Å². The van der Waals surface area contributed by atoms with E-state index in [1.165, 1.54) is 0 Å². The van der Waals surface area contributed by atoms with Crippen LogP contribution in [0.3, 0.4) is 0 Å². The maximum atomic E-state index is 10.2. The summed E-state index contributed by atoms with van der Waals surface area (Å²) in [6.45, 7) is 0. The molecular formula is C8H7NO2. The van der Waals surface area contributed by atoms with Gasteiger partial charge >= 0.3 is 0 Å². The van der Waals surface area contributed by atoms with Crippen LogP contribution in [0.1, 0.15) is 5.56 Å². The lowest BCUT2D eigenvalue weighted by Crippen LogP contribution is -2.00. The number of hydrogen-bond acceptors (Lipinski definition) is 3. The molecule has 0 heterocycles. The Morgan fingerprint density at radius 2 is 2.00 bits per heavy atom. The number of benzene rings is 1. The minimum absolute atomic E-state index is 0.0469. The molecule has 0 amide bonds. The Kier molecular flexibility index (Phi) is 2.38. The molecule has 3 nitrogen and oxygen atoms in total. The fourth-order valence-corrected chi connectivity index (χ4v) is 0.758. The summed E-state index contributed by atoms with van der Waals surface area (Å²) in [4.78, 5) is 10.2. The lowest BCUT2D eigenvalue weighted by atomic mass is 10.1. The molecular weight excluding hydrogens is 142 g/mol. The van der Waals surface area contributed by atoms with Gasteiger partial charge in [0.1, 0.15) is 5.71 Å². The van der Waals surface area contributed by atoms with Crippen LogP contribution in [0.2, 0.25) is 0 Å². The molecule has 56 valence electrons. The largest absolute Gasteiger partial charge is 0.410 e. The maximum absolute atomic E-state index is 10.2. The average Bonchev–Trinajstić information content (AvgIpc) is 2.09. The Balaban J connectivity index is 3.01. The Morgan fingerprint density at radius 3 is 2.45 bits per heavy atom. The van der Waals surface area contributed by atoms with Crippen molar-refractivity contribution in [2.45, 2.75) is 0 Å². The third kappa shape index (κ3) is 1.64. The molecule has 1 aromatic carbocycles. The van der Waals surface area contributed by atoms with Crippen LogP contribution < -0.4 is 0 Å². The Hall–Kier alpha value is -1.64. The Morgan fingerprint density at radius 1 is 1.36 bits per heavy atom. The quantitative estimate of drug-likeness (QED) is 0.296. The molecule has 0 radical (unpaired) electrons. The number of rotatable bonds is 2. The molecule has 0 unspecified atom stereocenters. The van der Waals surface area contributed by atoms with E-state index >= 15 is 0 Å². The van der Waals surface area contributed by atoms with Gasteiger partial charge in [-0.1, -0.05) is 35.5 Å². The number of aldehydes is 1. The van der Waals surface area contributed by atoms with Crippen molar-refractivity contribution in [1.82, 2.24) is 0 Å². The highest BCUT2D eigenvalue weighted by atomic mass is 16.4. The molecule has 0 aliphatic carbocycles. The van der Waals surface area contributed by atoms with Gasteiger partial charge in [0.25, 0.3) is 0 Å². The lowest BCUT2D eigenvalue weighted by molar-refractivity contribution is -0.102. The third-order valence-electron chi connectivity index (χ3n) is 1.29. The molecule has 0 aromatic heterocycles. The van der Waals surface area contributed by atoms with E-state index in [0.717, 1.165) is 0 Å². The van der Waals surface area contributed by atoms with E-state index in [1.54, 1.807) is 24.3 Å². The standard InChI is InChI=1S/C8H7NO2/c10-6-8(9-11)7-4-2-1-3-5-7/h1-6,11H/b9-8+. The topological polar surface area (TPSA) is 49.7 Å². The maximum Gasteiger partial charge on any atom is 0.172 e. The van der Waals surface area contributed by atoms with Crippen LogP contribution in [-0.4, -0.2) is 17.2 Å². The molecule has 0 saturated heterocycles. The number of carbonyl (C=O) groups excluding carboxylic acids is 1. The van der Waals surface area contributed by atoms with Gasteiger partial charge in [-0.3, -0.25) is 4.79 Å². The van der Waals surface area contributed by atoms with Crippen LogP contribution in [0.15, 0.2) is 35.5 Å². The van der Waals surface area contributed by atoms with Crippen LogP contribution in [-0.2, 0) is 4.79 Å². The van der Waals surface area contributed by atoms with Gasteiger partial charge in [-0.2, -0.15) is 0 Å². The van der Waals surface area contributed by atoms with E-state index in [2.05, 4.69) is 5.16 Å². The lowest BCUT2D eigenvalue weighted by Gasteiger charge is -1.93. The van der Waals surface area contributed by atoms with Crippen LogP contribution in [0.4, 0.5) is 0 Å². The van der Waals surface area contributed by atoms with Gasteiger partial charge in [-0.15, -0.1) is 0 Å². The predicted octanol–water partition coefficient (Wildman–Crippen LogP) is 1.06. The summed E-state index contributed by atoms with van der Waals surface area (Å²) in [7, 11) is 0. The van der Waals surface area contributed by atoms with E-state index < -0.39 is 0 Å². The molecule has 0 bridgehead atoms. The van der Waals surface area contributed by atoms with Crippen molar-refractivity contribution in [3.63, 3.8) is 0 Å². The summed E-state index contributed by atoms with van der Waals surface area (Å²) in [6, 6.07) is 8.75. The van der Waals surface area contributed by atoms with E-state index in [1.807, 2.05) is 6.07 Å². The molecule has 0 saturated carbocycles. The van der Waals surface area contributed by atoms with Gasteiger partial charge in [-0.05, 0) is 0 Å². The minimum atomic E-state index is 0.0469. The molecule has 0 atom stereocenters. The normalized spacial score (nSPS) is 11.1. The van der Waals surface area contributed by atoms with Crippen LogP contribution in [0.5, 0.6) is 0 Å². The first-order valence-corrected chi connectivity index (χ1v) is 3.11. The second kappa shape index (κ2) is 3.51. The zero-order chi connectivity index (χ0) is 8.10. The number of carbonyl (C=O) groups is 1. The number of hydrogen-bond donors (Lipinski definition) is 1. The van der Waals surface area contributed by atoms with Gasteiger partial charge in [0.15, 0.2) is 6.29 Å². The molecule has 0 fully saturated rings. The molecule has 3 heteroatoms. The average molecular weight is 149 g/mol. The molecule has 1 rings (SSSR count). The van der Waals surface area contributed by atoms with E-state index in [-0.39, 0.29) is 5.71 Å². The fraction of sp³-hybridized carbons (Fsp3) is 0. The molecule has 11 heavy (non-hydrogen) atoms. The summed E-state index contributed by atoms with van der Waals surface area (Å²) < 4.78 is 0. The highest BCUT2D eigenvalue weighted by Crippen LogP contribution is 1.98. The Bertz CT molecular complexity index is 267. The highest BCUT2D eigenvalue weighted by Gasteiger charge is 1.98. The van der Waals surface area contributed by atoms with Gasteiger partial charge in [-0.25, -0.2) is 0 Å². The Labute approximate surface area is 64.0 Å². The zero-order valence-corrected chi connectivity index (χ0v) is 5.77. The predicted molar refractivity (Wildman–Crippen MR) is 40.8 cm³/mol. The van der Waals surface area contributed by atoms with Crippen LogP contribution >= 0.6 is 0 Å². The first kappa shape index (κ1) is 7.47. The summed E-state index contributed by atoms with van der Waals surface area (Å²) >= 11 is 0. The van der Waals surface area contributed by atoms with Gasteiger partial charge < -0.3 is 5.21 Å². The number of nitrogens with zero attached hydrogens (tertiary/aromatic N) is 1. The van der Waals surface area contributed by atoms with Crippen molar-refractivity contribution < 1.29 is 10.0 Å². The molecule has 1 aromatic rings. The summed E-state index contributed by atoms with van der Waals surface area (Å²) in [6.07, 6.45) is 0.509. The van der Waals surface area contributed by atoms with Gasteiger partial charge in [0, 0.05) is 5.56 Å². The van der Waals surface area contributed by atoms with Crippen molar-refractivity contribution in [3.8, 4) is 0 Å². The first-order valence-electron chi connectivity index (χ1n) is 3.11. The van der Waals surface area contributed by atoms with Crippen molar-refractivity contribution in [2.24, 2.45) is 5.16 Å². The number of oxime groups is 1. The second-order valence-electron chi connectivity index (χ2n) is 1.97. The SMILES string of the molecule is O=C/C(=N\O)c1ccccc1. The van der Waals surface area contributed by atoms with E-state index in [0.29, 0.717) is 11.8 Å². The van der Waals surface area contributed by atoms with Crippen LogP contribution in [0.25, 0.3) is 0 Å². The van der Waals surface area contributed by atoms with Crippen molar-refractivity contribution in [1.29, 1.82) is 0 Å². The summed E-state index contributed by atoms with van der Waals surface area (Å²) in [5.74, 6) is 0. The first-order chi connectivity index (χ1) is 5.38. The second-order valence-corrected chi connectivity index (χ2v) is 1.97. The fourth-order valence-electron chi connectivity index (χ4n) is 0.758. The van der Waals surface area contributed by atoms with Crippen molar-refractivity contribution in [3.05, 3.63) is 35.9 Å². The molecule has 0 aliphatic rings. The molecule has 0 spiro atoms. The zero-order valence-electron chi connectivity index (χ0n) is 5.77. The monoisotopic (exact) mass is 149 g/mol. The minimum Gasteiger partial charge on any atom is -0.410 e. The van der Waals surface area contributed by atoms with Gasteiger partial charge in [0.2, 0.25) is 0 Å². The van der Waals surface area contributed by atoms with E-state index in [4.69, 9.17) is 5.21 Å². The van der Waals surface area contributed by atoms with E-state index in [9.17, 15) is 4.79 Å². The summed E-state index contributed by atoms with van der Waals surface area (Å²) in [5.41, 5.74) is 0.663. The molecule has 1 N–H and O–H groups in total.